The van der Waals surface area contributed by atoms with Crippen molar-refractivity contribution in [1.82, 2.24) is 15.5 Å². The number of nitrogens with one attached hydrogen (secondary N) is 1. The molecule has 1 N–H and O–H groups in total. The van der Waals surface area contributed by atoms with Crippen LogP contribution in [0.5, 0.6) is 0 Å². The molecular formula is C13H15N3O2S2. The standard InChI is InChI=1S/C13H15N3O2S2/c17-20(18,10-5-2-1-3-6-10)9-12-15-16-13(19-12)11-7-4-8-14-11/h1-3,5-6,11,14H,4,7-9H2. The number of nitrogens with zero attached hydrogens (tertiary/aromatic N) is 2. The Morgan fingerprint density at radius 2 is 2.05 bits per heavy atom. The minimum atomic E-state index is -3.34. The van der Waals surface area contributed by atoms with Gasteiger partial charge in [0.15, 0.2) is 9.84 Å². The molecule has 7 heteroatoms. The van der Waals surface area contributed by atoms with E-state index in [1.165, 1.54) is 11.3 Å². The first-order chi connectivity index (χ1) is 9.65. The summed E-state index contributed by atoms with van der Waals surface area (Å²) in [6.45, 7) is 0.988. The van der Waals surface area contributed by atoms with Crippen molar-refractivity contribution in [1.29, 1.82) is 0 Å². The number of benzene rings is 1. The zero-order chi connectivity index (χ0) is 14.0. The number of hydrogen-bond acceptors (Lipinski definition) is 6. The van der Waals surface area contributed by atoms with E-state index in [0.717, 1.165) is 24.4 Å². The van der Waals surface area contributed by atoms with Crippen molar-refractivity contribution in [3.05, 3.63) is 40.3 Å². The summed E-state index contributed by atoms with van der Waals surface area (Å²) in [5.41, 5.74) is 0. The summed E-state index contributed by atoms with van der Waals surface area (Å²) in [6, 6.07) is 8.70. The van der Waals surface area contributed by atoms with Gasteiger partial charge in [-0.3, -0.25) is 0 Å². The lowest BCUT2D eigenvalue weighted by molar-refractivity contribution is 0.595. The van der Waals surface area contributed by atoms with Gasteiger partial charge in [-0.05, 0) is 31.5 Å². The Labute approximate surface area is 122 Å². The second-order valence-electron chi connectivity index (χ2n) is 4.76. The monoisotopic (exact) mass is 309 g/mol. The van der Waals surface area contributed by atoms with Crippen LogP contribution in [0.2, 0.25) is 0 Å². The van der Waals surface area contributed by atoms with Crippen molar-refractivity contribution in [2.24, 2.45) is 0 Å². The quantitative estimate of drug-likeness (QED) is 0.934. The summed E-state index contributed by atoms with van der Waals surface area (Å²) in [5.74, 6) is -0.0819. The van der Waals surface area contributed by atoms with Crippen LogP contribution in [0.25, 0.3) is 0 Å². The second-order valence-corrected chi connectivity index (χ2v) is 7.84. The van der Waals surface area contributed by atoms with Crippen LogP contribution in [0.3, 0.4) is 0 Å². The van der Waals surface area contributed by atoms with E-state index in [2.05, 4.69) is 15.5 Å². The highest BCUT2D eigenvalue weighted by Gasteiger charge is 2.23. The summed E-state index contributed by atoms with van der Waals surface area (Å²) in [4.78, 5) is 0.329. The molecule has 1 aromatic carbocycles. The molecule has 0 spiro atoms. The predicted molar refractivity (Wildman–Crippen MR) is 77.2 cm³/mol. The molecule has 5 nitrogen and oxygen atoms in total. The molecule has 20 heavy (non-hydrogen) atoms. The van der Waals surface area contributed by atoms with Gasteiger partial charge in [0.25, 0.3) is 0 Å². The molecule has 0 bridgehead atoms. The molecular weight excluding hydrogens is 294 g/mol. The van der Waals surface area contributed by atoms with Gasteiger partial charge < -0.3 is 5.32 Å². The molecule has 0 saturated carbocycles. The van der Waals surface area contributed by atoms with Crippen LogP contribution in [-0.2, 0) is 15.6 Å². The molecule has 0 aliphatic carbocycles. The van der Waals surface area contributed by atoms with Crippen LogP contribution in [-0.4, -0.2) is 25.2 Å². The molecule has 1 unspecified atom stereocenters. The molecule has 1 aromatic heterocycles. The Morgan fingerprint density at radius 1 is 1.25 bits per heavy atom. The van der Waals surface area contributed by atoms with Crippen LogP contribution in [0.1, 0.15) is 28.9 Å². The van der Waals surface area contributed by atoms with E-state index in [-0.39, 0.29) is 11.8 Å². The van der Waals surface area contributed by atoms with E-state index in [1.807, 2.05) is 0 Å². The van der Waals surface area contributed by atoms with Crippen LogP contribution >= 0.6 is 11.3 Å². The molecule has 1 aliphatic rings. The highest BCUT2D eigenvalue weighted by Crippen LogP contribution is 2.27. The molecule has 2 aromatic rings. The first kappa shape index (κ1) is 13.7. The molecule has 3 rings (SSSR count). The normalized spacial score (nSPS) is 19.3. The van der Waals surface area contributed by atoms with Gasteiger partial charge in [-0.25, -0.2) is 8.42 Å². The van der Waals surface area contributed by atoms with E-state index in [4.69, 9.17) is 0 Å². The van der Waals surface area contributed by atoms with Crippen LogP contribution in [0.4, 0.5) is 0 Å². The highest BCUT2D eigenvalue weighted by atomic mass is 32.2. The number of hydrogen-bond donors (Lipinski definition) is 1. The van der Waals surface area contributed by atoms with Crippen LogP contribution < -0.4 is 5.32 Å². The summed E-state index contributed by atoms with van der Waals surface area (Å²) in [5, 5.41) is 12.9. The second kappa shape index (κ2) is 5.59. The lowest BCUT2D eigenvalue weighted by Gasteiger charge is -2.03. The maximum Gasteiger partial charge on any atom is 0.184 e. The van der Waals surface area contributed by atoms with Crippen molar-refractivity contribution in [3.63, 3.8) is 0 Å². The Balaban J connectivity index is 1.78. The van der Waals surface area contributed by atoms with Crippen molar-refractivity contribution in [2.45, 2.75) is 29.5 Å². The summed E-state index contributed by atoms with van der Waals surface area (Å²) in [6.07, 6.45) is 2.17. The average Bonchev–Trinajstić information content (AvgIpc) is 3.10. The van der Waals surface area contributed by atoms with Crippen molar-refractivity contribution >= 4 is 21.2 Å². The van der Waals surface area contributed by atoms with Gasteiger partial charge in [-0.2, -0.15) is 0 Å². The van der Waals surface area contributed by atoms with E-state index < -0.39 is 9.84 Å². The van der Waals surface area contributed by atoms with Gasteiger partial charge in [-0.1, -0.05) is 29.5 Å². The Kier molecular flexibility index (Phi) is 3.82. The first-order valence-electron chi connectivity index (χ1n) is 6.48. The lowest BCUT2D eigenvalue weighted by atomic mass is 10.2. The first-order valence-corrected chi connectivity index (χ1v) is 8.95. The average molecular weight is 309 g/mol. The Bertz CT molecular complexity index is 677. The van der Waals surface area contributed by atoms with Crippen molar-refractivity contribution in [3.8, 4) is 0 Å². The smallest absolute Gasteiger partial charge is 0.184 e. The minimum Gasteiger partial charge on any atom is -0.308 e. The van der Waals surface area contributed by atoms with Gasteiger partial charge in [-0.15, -0.1) is 10.2 Å². The van der Waals surface area contributed by atoms with E-state index in [1.54, 1.807) is 30.3 Å². The highest BCUT2D eigenvalue weighted by molar-refractivity contribution is 7.90. The molecule has 1 atom stereocenters. The number of rotatable bonds is 4. The maximum atomic E-state index is 12.3. The summed E-state index contributed by atoms with van der Waals surface area (Å²) >= 11 is 1.39. The largest absolute Gasteiger partial charge is 0.308 e. The third-order valence-electron chi connectivity index (χ3n) is 3.26. The molecule has 0 radical (unpaired) electrons. The van der Waals surface area contributed by atoms with Crippen molar-refractivity contribution in [2.75, 3.05) is 6.54 Å². The SMILES string of the molecule is O=S(=O)(Cc1nnc(C2CCCN2)s1)c1ccccc1. The lowest BCUT2D eigenvalue weighted by Crippen LogP contribution is -2.12. The summed E-state index contributed by atoms with van der Waals surface area (Å²) < 4.78 is 24.5. The molecule has 1 aliphatic heterocycles. The van der Waals surface area contributed by atoms with Crippen LogP contribution in [0.15, 0.2) is 35.2 Å². The number of aromatic nitrogens is 2. The number of sulfone groups is 1. The molecule has 2 heterocycles. The van der Waals surface area contributed by atoms with E-state index in [9.17, 15) is 8.42 Å². The fourth-order valence-corrected chi connectivity index (χ4v) is 4.81. The fraction of sp³-hybridized carbons (Fsp3) is 0.385. The van der Waals surface area contributed by atoms with Gasteiger partial charge in [0.2, 0.25) is 0 Å². The van der Waals surface area contributed by atoms with E-state index >= 15 is 0 Å². The van der Waals surface area contributed by atoms with Crippen LogP contribution in [0, 0.1) is 0 Å². The maximum absolute atomic E-state index is 12.3. The zero-order valence-corrected chi connectivity index (χ0v) is 12.5. The minimum absolute atomic E-state index is 0.0819. The zero-order valence-electron chi connectivity index (χ0n) is 10.8. The van der Waals surface area contributed by atoms with Gasteiger partial charge in [0.1, 0.15) is 15.8 Å². The molecule has 0 amide bonds. The molecule has 1 fully saturated rings. The third kappa shape index (κ3) is 2.89. The predicted octanol–water partition coefficient (Wildman–Crippen LogP) is 1.94. The van der Waals surface area contributed by atoms with Gasteiger partial charge >= 0.3 is 0 Å². The van der Waals surface area contributed by atoms with Crippen molar-refractivity contribution < 1.29 is 8.42 Å². The molecule has 106 valence electrons. The Hall–Kier alpha value is -1.31. The van der Waals surface area contributed by atoms with Gasteiger partial charge in [0, 0.05) is 0 Å². The topological polar surface area (TPSA) is 72.0 Å². The fourth-order valence-electron chi connectivity index (χ4n) is 2.23. The third-order valence-corrected chi connectivity index (χ3v) is 6.12. The van der Waals surface area contributed by atoms with Gasteiger partial charge in [0.05, 0.1) is 10.9 Å². The summed E-state index contributed by atoms with van der Waals surface area (Å²) in [7, 11) is -3.34. The Morgan fingerprint density at radius 3 is 2.75 bits per heavy atom. The molecule has 1 saturated heterocycles. The van der Waals surface area contributed by atoms with E-state index in [0.29, 0.717) is 9.90 Å².